The second kappa shape index (κ2) is 15.0. The van der Waals surface area contributed by atoms with Gasteiger partial charge in [0.2, 0.25) is 6.29 Å². The summed E-state index contributed by atoms with van der Waals surface area (Å²) in [4.78, 5) is 18.1. The second-order valence-electron chi connectivity index (χ2n) is 12.5. The van der Waals surface area contributed by atoms with Gasteiger partial charge in [0.25, 0.3) is 5.91 Å². The molecule has 0 saturated carbocycles. The highest BCUT2D eigenvalue weighted by atomic mass is 32.1. The van der Waals surface area contributed by atoms with Gasteiger partial charge in [0.15, 0.2) is 12.6 Å². The molecule has 1 aliphatic rings. The van der Waals surface area contributed by atoms with E-state index in [4.69, 9.17) is 14.2 Å². The first-order valence-corrected chi connectivity index (χ1v) is 16.6. The van der Waals surface area contributed by atoms with Crippen LogP contribution in [0.1, 0.15) is 83.7 Å². The minimum absolute atomic E-state index is 0.0296. The third kappa shape index (κ3) is 8.67. The van der Waals surface area contributed by atoms with Crippen molar-refractivity contribution in [2.75, 3.05) is 25.8 Å². The first kappa shape index (κ1) is 34.1. The molecule has 9 heteroatoms. The molecule has 4 rings (SSSR count). The summed E-state index contributed by atoms with van der Waals surface area (Å²) in [6.45, 7) is 16.0. The van der Waals surface area contributed by atoms with Gasteiger partial charge in [-0.3, -0.25) is 15.2 Å². The molecular weight excluding hydrogens is 584 g/mol. The van der Waals surface area contributed by atoms with Gasteiger partial charge in [0.1, 0.15) is 18.2 Å². The van der Waals surface area contributed by atoms with Crippen LogP contribution in [0.15, 0.2) is 70.5 Å². The third-order valence-corrected chi connectivity index (χ3v) is 9.40. The number of anilines is 1. The van der Waals surface area contributed by atoms with Gasteiger partial charge < -0.3 is 19.5 Å². The maximum atomic E-state index is 12.6. The molecule has 1 amide bonds. The van der Waals surface area contributed by atoms with E-state index in [0.29, 0.717) is 23.6 Å². The van der Waals surface area contributed by atoms with Gasteiger partial charge in [-0.2, -0.15) is 0 Å². The van der Waals surface area contributed by atoms with Gasteiger partial charge in [0, 0.05) is 35.7 Å². The van der Waals surface area contributed by atoms with Crippen molar-refractivity contribution >= 4 is 34.8 Å². The van der Waals surface area contributed by atoms with E-state index in [1.54, 1.807) is 18.4 Å². The molecule has 242 valence electrons. The zero-order valence-electron chi connectivity index (χ0n) is 27.9. The highest BCUT2D eigenvalue weighted by Crippen LogP contribution is 2.39. The monoisotopic (exact) mass is 632 g/mol. The summed E-state index contributed by atoms with van der Waals surface area (Å²) in [6, 6.07) is 18.2. The van der Waals surface area contributed by atoms with Crippen molar-refractivity contribution in [2.24, 2.45) is 4.99 Å². The molecule has 2 aromatic carbocycles. The maximum absolute atomic E-state index is 12.6. The Morgan fingerprint density at radius 1 is 1.02 bits per heavy atom. The van der Waals surface area contributed by atoms with Crippen LogP contribution in [0.2, 0.25) is 0 Å². The number of benzene rings is 2. The smallest absolute Gasteiger partial charge is 0.275 e. The largest absolute Gasteiger partial charge is 0.471 e. The molecule has 1 atom stereocenters. The van der Waals surface area contributed by atoms with Gasteiger partial charge in [-0.25, -0.2) is 4.99 Å². The highest BCUT2D eigenvalue weighted by Gasteiger charge is 2.29. The number of likely N-dealkylation sites (N-methyl/N-ethyl adjacent to an activating group) is 1. The normalized spacial score (nSPS) is 16.3. The molecule has 0 radical (unpaired) electrons. The van der Waals surface area contributed by atoms with Crippen molar-refractivity contribution in [1.82, 2.24) is 10.4 Å². The standard InChI is InChI=1S/C36H48N4O4S/c1-9-32(44-31-18-17-25(35(4,5)10-2)20-30(31)36(6,7)11-3)43-23-37-26-14-12-15-27(21-26)42-24-38-33-29(34(41)40(8)39-33)22-28-16-13-19-45-28/h12-22,32,37H,9-11,23-24H2,1-8H3,(H,38,39). The van der Waals surface area contributed by atoms with E-state index >= 15 is 0 Å². The fraction of sp³-hybridized carbons (Fsp3) is 0.444. The summed E-state index contributed by atoms with van der Waals surface area (Å²) in [5.41, 5.74) is 6.97. The molecule has 1 aliphatic heterocycles. The maximum Gasteiger partial charge on any atom is 0.275 e. The van der Waals surface area contributed by atoms with Crippen LogP contribution in [0.5, 0.6) is 11.5 Å². The minimum atomic E-state index is -0.402. The Hall–Kier alpha value is -3.82. The number of hydrogen-bond donors (Lipinski definition) is 2. The molecule has 1 saturated heterocycles. The average molecular weight is 633 g/mol. The summed E-state index contributed by atoms with van der Waals surface area (Å²) in [5.74, 6) is 1.87. The molecule has 1 unspecified atom stereocenters. The second-order valence-corrected chi connectivity index (χ2v) is 13.5. The molecule has 8 nitrogen and oxygen atoms in total. The first-order chi connectivity index (χ1) is 21.5. The molecule has 1 fully saturated rings. The average Bonchev–Trinajstić information content (AvgIpc) is 3.64. The number of nitrogens with one attached hydrogen (secondary N) is 2. The SMILES string of the molecule is CCC(OCNc1cccc(OCN=C2NN(C)C(=O)C2=Cc2cccs2)c1)Oc1ccc(C(C)(C)CC)cc1C(C)(C)CC. The number of hydrogen-bond acceptors (Lipinski definition) is 7. The lowest BCUT2D eigenvalue weighted by molar-refractivity contribution is -0.125. The van der Waals surface area contributed by atoms with Crippen LogP contribution in [0.3, 0.4) is 0 Å². The summed E-state index contributed by atoms with van der Waals surface area (Å²) < 4.78 is 18.5. The lowest BCUT2D eigenvalue weighted by atomic mass is 9.76. The molecule has 2 heterocycles. The van der Waals surface area contributed by atoms with E-state index in [-0.39, 0.29) is 30.2 Å². The van der Waals surface area contributed by atoms with E-state index in [1.807, 2.05) is 47.9 Å². The van der Waals surface area contributed by atoms with Crippen LogP contribution >= 0.6 is 11.3 Å². The van der Waals surface area contributed by atoms with E-state index < -0.39 is 6.29 Å². The fourth-order valence-corrected chi connectivity index (χ4v) is 5.41. The van der Waals surface area contributed by atoms with Crippen molar-refractivity contribution in [2.45, 2.75) is 84.8 Å². The van der Waals surface area contributed by atoms with Crippen LogP contribution in [0.4, 0.5) is 5.69 Å². The van der Waals surface area contributed by atoms with E-state index in [1.165, 1.54) is 16.1 Å². The lowest BCUT2D eigenvalue weighted by Crippen LogP contribution is -2.31. The number of aliphatic imine (C=N–C) groups is 1. The first-order valence-electron chi connectivity index (χ1n) is 15.7. The number of nitrogens with zero attached hydrogens (tertiary/aromatic N) is 2. The van der Waals surface area contributed by atoms with Crippen molar-refractivity contribution in [1.29, 1.82) is 0 Å². The summed E-state index contributed by atoms with van der Waals surface area (Å²) in [5, 5.41) is 6.71. The topological polar surface area (TPSA) is 84.4 Å². The van der Waals surface area contributed by atoms with Gasteiger partial charge >= 0.3 is 0 Å². The Bertz CT molecular complexity index is 1500. The van der Waals surface area contributed by atoms with Crippen LogP contribution in [0, 0.1) is 0 Å². The Morgan fingerprint density at radius 3 is 2.49 bits per heavy atom. The molecule has 3 aromatic rings. The van der Waals surface area contributed by atoms with Gasteiger partial charge in [0.05, 0.1) is 5.57 Å². The number of carbonyl (C=O) groups is 1. The number of amides is 1. The number of rotatable bonds is 15. The predicted molar refractivity (Wildman–Crippen MR) is 185 cm³/mol. The Morgan fingerprint density at radius 2 is 1.80 bits per heavy atom. The zero-order valence-corrected chi connectivity index (χ0v) is 28.7. The predicted octanol–water partition coefficient (Wildman–Crippen LogP) is 8.12. The molecular formula is C36H48N4O4S. The van der Waals surface area contributed by atoms with E-state index in [9.17, 15) is 4.79 Å². The van der Waals surface area contributed by atoms with E-state index in [0.717, 1.165) is 29.2 Å². The quantitative estimate of drug-likeness (QED) is 0.130. The number of hydrazine groups is 1. The van der Waals surface area contributed by atoms with Gasteiger partial charge in [-0.05, 0) is 65.0 Å². The van der Waals surface area contributed by atoms with Crippen LogP contribution in [0.25, 0.3) is 6.08 Å². The summed E-state index contributed by atoms with van der Waals surface area (Å²) >= 11 is 1.56. The van der Waals surface area contributed by atoms with Crippen LogP contribution < -0.4 is 20.2 Å². The Balaban J connectivity index is 1.35. The molecule has 1 aromatic heterocycles. The zero-order chi connectivity index (χ0) is 32.6. The Labute approximate surface area is 272 Å². The summed E-state index contributed by atoms with van der Waals surface area (Å²) in [7, 11) is 1.67. The number of carbonyl (C=O) groups excluding carboxylic acids is 1. The van der Waals surface area contributed by atoms with Crippen molar-refractivity contribution < 1.29 is 19.0 Å². The number of amidine groups is 1. The molecule has 0 aliphatic carbocycles. The minimum Gasteiger partial charge on any atom is -0.471 e. The summed E-state index contributed by atoms with van der Waals surface area (Å²) in [6.07, 6.45) is 4.21. The molecule has 0 bridgehead atoms. The van der Waals surface area contributed by atoms with Crippen molar-refractivity contribution in [3.8, 4) is 11.5 Å². The third-order valence-electron chi connectivity index (χ3n) is 8.58. The van der Waals surface area contributed by atoms with Crippen molar-refractivity contribution in [3.05, 3.63) is 81.6 Å². The number of ether oxygens (including phenoxy) is 3. The van der Waals surface area contributed by atoms with E-state index in [2.05, 4.69) is 82.4 Å². The Kier molecular flexibility index (Phi) is 11.3. The fourth-order valence-electron chi connectivity index (χ4n) is 4.76. The number of thiophene rings is 1. The molecule has 2 N–H and O–H groups in total. The highest BCUT2D eigenvalue weighted by molar-refractivity contribution is 7.10. The molecule has 0 spiro atoms. The lowest BCUT2D eigenvalue weighted by Gasteiger charge is -2.31. The van der Waals surface area contributed by atoms with Crippen LogP contribution in [-0.4, -0.2) is 43.6 Å². The van der Waals surface area contributed by atoms with Gasteiger partial charge in [-0.15, -0.1) is 11.3 Å². The van der Waals surface area contributed by atoms with Gasteiger partial charge in [-0.1, -0.05) is 72.7 Å². The van der Waals surface area contributed by atoms with Crippen LogP contribution in [-0.2, 0) is 20.4 Å². The molecule has 45 heavy (non-hydrogen) atoms. The van der Waals surface area contributed by atoms with Crippen molar-refractivity contribution in [3.63, 3.8) is 0 Å².